The molecule has 0 spiro atoms. The number of fused-ring (bicyclic) bond motifs is 1. The summed E-state index contributed by atoms with van der Waals surface area (Å²) in [7, 11) is 0. The largest absolute Gasteiger partial charge is 0.480 e. The minimum absolute atomic E-state index is 0.230. The summed E-state index contributed by atoms with van der Waals surface area (Å²) >= 11 is 0. The van der Waals surface area contributed by atoms with Crippen LogP contribution in [0.5, 0.6) is 0 Å². The quantitative estimate of drug-likeness (QED) is 0.846. The van der Waals surface area contributed by atoms with Gasteiger partial charge in [-0.1, -0.05) is 38.1 Å². The second-order valence-electron chi connectivity index (χ2n) is 4.95. The molecule has 20 heavy (non-hydrogen) atoms. The summed E-state index contributed by atoms with van der Waals surface area (Å²) in [5.74, 6) is -0.401. The molecule has 0 aliphatic heterocycles. The molecule has 1 aromatic carbocycles. The molecule has 1 aromatic heterocycles. The van der Waals surface area contributed by atoms with E-state index in [4.69, 9.17) is 5.11 Å². The maximum absolute atomic E-state index is 11.1. The highest BCUT2D eigenvalue weighted by molar-refractivity contribution is 5.89. The predicted octanol–water partition coefficient (Wildman–Crippen LogP) is 3.21. The molecule has 0 saturated carbocycles. The number of aliphatic carboxylic acids is 1. The second kappa shape index (κ2) is 6.18. The Hall–Kier alpha value is -2.37. The van der Waals surface area contributed by atoms with E-state index in [9.17, 15) is 4.79 Å². The van der Waals surface area contributed by atoms with Gasteiger partial charge in [0.05, 0.1) is 6.20 Å². The third kappa shape index (κ3) is 3.34. The zero-order valence-electron chi connectivity index (χ0n) is 11.4. The van der Waals surface area contributed by atoms with Crippen LogP contribution in [0.4, 0.5) is 5.82 Å². The molecule has 2 rings (SSSR count). The first-order valence-corrected chi connectivity index (χ1v) is 6.42. The van der Waals surface area contributed by atoms with Crippen molar-refractivity contribution in [3.05, 3.63) is 30.5 Å². The Morgan fingerprint density at radius 3 is 2.80 bits per heavy atom. The van der Waals surface area contributed by atoms with Gasteiger partial charge >= 0.3 is 5.97 Å². The van der Waals surface area contributed by atoms with E-state index in [0.29, 0.717) is 12.2 Å². The molecule has 0 fully saturated rings. The van der Waals surface area contributed by atoms with Crippen LogP contribution in [0.3, 0.4) is 0 Å². The van der Waals surface area contributed by atoms with Crippen LogP contribution in [-0.4, -0.2) is 27.3 Å². The Labute approximate surface area is 116 Å². The Bertz CT molecular complexity index is 635. The molecule has 1 N–H and O–H groups in total. The summed E-state index contributed by atoms with van der Waals surface area (Å²) in [5, 5.41) is 26.5. The van der Waals surface area contributed by atoms with Crippen LogP contribution in [0.2, 0.25) is 0 Å². The molecule has 1 unspecified atom stereocenters. The third-order valence-corrected chi connectivity index (χ3v) is 2.82. The summed E-state index contributed by atoms with van der Waals surface area (Å²) in [5.41, 5.74) is 0. The minimum atomic E-state index is -0.976. The van der Waals surface area contributed by atoms with Crippen LogP contribution in [0, 0.1) is 5.92 Å². The SMILES string of the molecule is CC(C)CC(N=Nc1nncc2ccccc12)C(=O)O. The predicted molar refractivity (Wildman–Crippen MR) is 74.9 cm³/mol. The van der Waals surface area contributed by atoms with Crippen LogP contribution in [0.1, 0.15) is 20.3 Å². The van der Waals surface area contributed by atoms with Gasteiger partial charge in [-0.3, -0.25) is 0 Å². The van der Waals surface area contributed by atoms with Gasteiger partial charge in [-0.15, -0.1) is 10.2 Å². The molecule has 0 amide bonds. The first kappa shape index (κ1) is 14.0. The zero-order valence-corrected chi connectivity index (χ0v) is 11.4. The van der Waals surface area contributed by atoms with Crippen molar-refractivity contribution >= 4 is 22.6 Å². The number of rotatable bonds is 5. The highest BCUT2D eigenvalue weighted by atomic mass is 16.4. The van der Waals surface area contributed by atoms with Crippen LogP contribution >= 0.6 is 0 Å². The first-order valence-electron chi connectivity index (χ1n) is 6.42. The number of azo groups is 1. The lowest BCUT2D eigenvalue weighted by molar-refractivity contribution is -0.138. The maximum Gasteiger partial charge on any atom is 0.330 e. The third-order valence-electron chi connectivity index (χ3n) is 2.82. The van der Waals surface area contributed by atoms with E-state index in [0.717, 1.165) is 10.8 Å². The summed E-state index contributed by atoms with van der Waals surface area (Å²) in [6.45, 7) is 3.90. The maximum atomic E-state index is 11.1. The van der Waals surface area contributed by atoms with Gasteiger partial charge in [0.25, 0.3) is 0 Å². The number of carbonyl (C=O) groups is 1. The smallest absolute Gasteiger partial charge is 0.330 e. The molecule has 1 atom stereocenters. The zero-order chi connectivity index (χ0) is 14.5. The molecule has 104 valence electrons. The topological polar surface area (TPSA) is 87.8 Å². The van der Waals surface area contributed by atoms with Crippen molar-refractivity contribution < 1.29 is 9.90 Å². The average Bonchev–Trinajstić information content (AvgIpc) is 2.42. The number of nitrogens with zero attached hydrogens (tertiary/aromatic N) is 4. The Balaban J connectivity index is 2.30. The van der Waals surface area contributed by atoms with Crippen LogP contribution < -0.4 is 0 Å². The van der Waals surface area contributed by atoms with Crippen molar-refractivity contribution in [2.45, 2.75) is 26.3 Å². The normalized spacial score (nSPS) is 13.2. The van der Waals surface area contributed by atoms with Crippen molar-refractivity contribution in [1.82, 2.24) is 10.2 Å². The molecule has 0 aliphatic carbocycles. The molecule has 6 nitrogen and oxygen atoms in total. The number of hydrogen-bond donors (Lipinski definition) is 1. The lowest BCUT2D eigenvalue weighted by Crippen LogP contribution is -2.19. The van der Waals surface area contributed by atoms with E-state index in [1.54, 1.807) is 6.20 Å². The van der Waals surface area contributed by atoms with Crippen molar-refractivity contribution in [2.75, 3.05) is 0 Å². The van der Waals surface area contributed by atoms with Gasteiger partial charge in [0.1, 0.15) is 0 Å². The molecule has 0 radical (unpaired) electrons. The molecular weight excluding hydrogens is 256 g/mol. The van der Waals surface area contributed by atoms with E-state index in [1.807, 2.05) is 38.1 Å². The van der Waals surface area contributed by atoms with Gasteiger partial charge in [0, 0.05) is 10.8 Å². The molecule has 1 heterocycles. The lowest BCUT2D eigenvalue weighted by atomic mass is 10.1. The number of aromatic nitrogens is 2. The monoisotopic (exact) mass is 272 g/mol. The highest BCUT2D eigenvalue weighted by Crippen LogP contribution is 2.23. The van der Waals surface area contributed by atoms with Gasteiger partial charge in [-0.25, -0.2) is 4.79 Å². The van der Waals surface area contributed by atoms with Crippen molar-refractivity contribution in [2.24, 2.45) is 16.1 Å². The van der Waals surface area contributed by atoms with Gasteiger partial charge in [0.2, 0.25) is 5.82 Å². The number of hydrogen-bond acceptors (Lipinski definition) is 5. The standard InChI is InChI=1S/C14H16N4O2/c1-9(2)7-12(14(19)20)16-18-13-11-6-4-3-5-10(11)8-15-17-13/h3-6,8-9,12H,7H2,1-2H3,(H,19,20). The molecular formula is C14H16N4O2. The van der Waals surface area contributed by atoms with Gasteiger partial charge in [0.15, 0.2) is 6.04 Å². The molecule has 0 aliphatic rings. The Kier molecular flexibility index (Phi) is 4.34. The lowest BCUT2D eigenvalue weighted by Gasteiger charge is -2.08. The minimum Gasteiger partial charge on any atom is -0.480 e. The van der Waals surface area contributed by atoms with Crippen LogP contribution in [-0.2, 0) is 4.79 Å². The average molecular weight is 272 g/mol. The highest BCUT2D eigenvalue weighted by Gasteiger charge is 2.18. The fraction of sp³-hybridized carbons (Fsp3) is 0.357. The van der Waals surface area contributed by atoms with E-state index in [2.05, 4.69) is 20.4 Å². The molecule has 0 saturated heterocycles. The van der Waals surface area contributed by atoms with Gasteiger partial charge in [-0.2, -0.15) is 10.2 Å². The first-order chi connectivity index (χ1) is 9.58. The summed E-state index contributed by atoms with van der Waals surface area (Å²) in [6, 6.07) is 6.66. The van der Waals surface area contributed by atoms with Gasteiger partial charge in [-0.05, 0) is 12.3 Å². The Morgan fingerprint density at radius 2 is 2.10 bits per heavy atom. The fourth-order valence-corrected chi connectivity index (χ4v) is 1.85. The number of carboxylic acid groups (broad SMARTS) is 1. The number of carboxylic acids is 1. The Morgan fingerprint density at radius 1 is 1.35 bits per heavy atom. The van der Waals surface area contributed by atoms with E-state index in [1.165, 1.54) is 0 Å². The fourth-order valence-electron chi connectivity index (χ4n) is 1.85. The van der Waals surface area contributed by atoms with Gasteiger partial charge < -0.3 is 5.11 Å². The molecule has 0 bridgehead atoms. The molecule has 6 heteroatoms. The van der Waals surface area contributed by atoms with Crippen LogP contribution in [0.15, 0.2) is 40.7 Å². The summed E-state index contributed by atoms with van der Waals surface area (Å²) in [4.78, 5) is 11.1. The summed E-state index contributed by atoms with van der Waals surface area (Å²) in [6.07, 6.45) is 2.08. The van der Waals surface area contributed by atoms with Crippen molar-refractivity contribution in [3.8, 4) is 0 Å². The van der Waals surface area contributed by atoms with E-state index in [-0.39, 0.29) is 5.92 Å². The summed E-state index contributed by atoms with van der Waals surface area (Å²) < 4.78 is 0. The molecule has 2 aromatic rings. The van der Waals surface area contributed by atoms with Crippen molar-refractivity contribution in [3.63, 3.8) is 0 Å². The van der Waals surface area contributed by atoms with Crippen LogP contribution in [0.25, 0.3) is 10.8 Å². The van der Waals surface area contributed by atoms with E-state index < -0.39 is 12.0 Å². The second-order valence-corrected chi connectivity index (χ2v) is 4.95. The number of benzene rings is 1. The van der Waals surface area contributed by atoms with E-state index >= 15 is 0 Å². The van der Waals surface area contributed by atoms with Crippen molar-refractivity contribution in [1.29, 1.82) is 0 Å².